The van der Waals surface area contributed by atoms with E-state index >= 15 is 0 Å². The van der Waals surface area contributed by atoms with Crippen molar-refractivity contribution in [3.63, 3.8) is 0 Å². The van der Waals surface area contributed by atoms with Gasteiger partial charge < -0.3 is 12.4 Å². The molecule has 0 amide bonds. The molecule has 2 aromatic carbocycles. The summed E-state index contributed by atoms with van der Waals surface area (Å²) in [7, 11) is 0. The first-order valence-electron chi connectivity index (χ1n) is 11.9. The summed E-state index contributed by atoms with van der Waals surface area (Å²) in [5.74, 6) is 1.24. The highest BCUT2D eigenvalue weighted by Gasteiger charge is 2.46. The van der Waals surface area contributed by atoms with Crippen molar-refractivity contribution in [3.8, 4) is 5.69 Å². The summed E-state index contributed by atoms with van der Waals surface area (Å²) >= 11 is 0. The van der Waals surface area contributed by atoms with Crippen molar-refractivity contribution < 1.29 is 17.0 Å². The molecule has 35 heavy (non-hydrogen) atoms. The Hall–Kier alpha value is -3.52. The summed E-state index contributed by atoms with van der Waals surface area (Å²) in [6.07, 6.45) is 3.11. The van der Waals surface area contributed by atoms with Crippen molar-refractivity contribution in [2.24, 2.45) is 11.7 Å². The number of hydrogen-bond donors (Lipinski definition) is 2. The van der Waals surface area contributed by atoms with E-state index in [-0.39, 0.29) is 35.9 Å². The number of nitrogens with zero attached hydrogens (tertiary/aromatic N) is 4. The second-order valence-corrected chi connectivity index (χ2v) is 9.64. The second kappa shape index (κ2) is 8.92. The van der Waals surface area contributed by atoms with E-state index < -0.39 is 0 Å². The molecule has 0 spiro atoms. The fourth-order valence-corrected chi connectivity index (χ4v) is 5.38. The van der Waals surface area contributed by atoms with Gasteiger partial charge in [-0.05, 0) is 49.0 Å². The van der Waals surface area contributed by atoms with Crippen LogP contribution in [0.4, 0.5) is 0 Å². The first-order chi connectivity index (χ1) is 16.5. The minimum absolute atomic E-state index is 0. The van der Waals surface area contributed by atoms with E-state index in [2.05, 4.69) is 22.0 Å². The third-order valence-electron chi connectivity index (χ3n) is 7.26. The Kier molecular flexibility index (Phi) is 5.92. The van der Waals surface area contributed by atoms with Gasteiger partial charge in [-0.15, -0.1) is 0 Å². The monoisotopic (exact) mass is 492 g/mol. The predicted molar refractivity (Wildman–Crippen MR) is 130 cm³/mol. The van der Waals surface area contributed by atoms with Crippen LogP contribution in [0.1, 0.15) is 31.4 Å². The van der Waals surface area contributed by atoms with Gasteiger partial charge in [0.2, 0.25) is 0 Å². The molecular formula is C26H29ClN6O2. The van der Waals surface area contributed by atoms with E-state index in [0.717, 1.165) is 17.8 Å². The number of hydrogen-bond acceptors (Lipinski definition) is 4. The summed E-state index contributed by atoms with van der Waals surface area (Å²) in [6, 6.07) is 19.0. The lowest BCUT2D eigenvalue weighted by molar-refractivity contribution is -0.580. The Morgan fingerprint density at radius 1 is 1.00 bits per heavy atom. The largest absolute Gasteiger partial charge is 1.00 e. The van der Waals surface area contributed by atoms with Gasteiger partial charge in [0.1, 0.15) is 17.8 Å². The SMILES string of the molecule is CC1=C2NC(N)=[N+](CC3CC3)C(Cc3ccccc3)[C@@H]2n2c(=O)n(-c3ccccc3)c(=O)n2C1.[Cl-]. The predicted octanol–water partition coefficient (Wildman–Crippen LogP) is -1.41. The standard InChI is InChI=1S/C26H28N6O2.ClH/c1-17-15-30-25(33)31(20-10-6-3-7-11-20)26(34)32(30)23-21(14-18-8-4-2-5-9-18)29(16-19-12-13-19)24(27)28-22(17)23;/h2-11,19,21,23H,12-16H2,1H3,(H2,27,28);1H/t21?,23-;/m0./s1. The maximum Gasteiger partial charge on any atom is 0.352 e. The Bertz CT molecular complexity index is 1430. The smallest absolute Gasteiger partial charge is 0.352 e. The number of rotatable bonds is 5. The number of nitrogens with two attached hydrogens (primary N) is 1. The first kappa shape index (κ1) is 23.2. The van der Waals surface area contributed by atoms with Crippen LogP contribution in [-0.2, 0) is 13.0 Å². The van der Waals surface area contributed by atoms with E-state index in [4.69, 9.17) is 5.73 Å². The zero-order valence-corrected chi connectivity index (χ0v) is 20.4. The van der Waals surface area contributed by atoms with Crippen LogP contribution in [0, 0.1) is 5.92 Å². The van der Waals surface area contributed by atoms with E-state index in [1.807, 2.05) is 43.3 Å². The zero-order chi connectivity index (χ0) is 23.4. The molecule has 2 aliphatic heterocycles. The van der Waals surface area contributed by atoms with E-state index in [0.29, 0.717) is 30.5 Å². The summed E-state index contributed by atoms with van der Waals surface area (Å²) in [6.45, 7) is 3.21. The molecule has 8 nitrogen and oxygen atoms in total. The van der Waals surface area contributed by atoms with Gasteiger partial charge in [0, 0.05) is 6.42 Å². The van der Waals surface area contributed by atoms with Crippen molar-refractivity contribution in [3.05, 3.63) is 98.5 Å². The van der Waals surface area contributed by atoms with Gasteiger partial charge in [-0.3, -0.25) is 10.3 Å². The molecule has 1 fully saturated rings. The molecule has 2 atom stereocenters. The van der Waals surface area contributed by atoms with Crippen molar-refractivity contribution >= 4 is 5.96 Å². The van der Waals surface area contributed by atoms with Crippen LogP contribution in [0.15, 0.2) is 81.5 Å². The molecule has 0 bridgehead atoms. The summed E-state index contributed by atoms with van der Waals surface area (Å²) in [5.41, 5.74) is 9.65. The minimum Gasteiger partial charge on any atom is -1.00 e. The molecule has 6 rings (SSSR count). The molecule has 3 aromatic rings. The van der Waals surface area contributed by atoms with Crippen LogP contribution in [0.2, 0.25) is 0 Å². The zero-order valence-electron chi connectivity index (χ0n) is 19.6. The summed E-state index contributed by atoms with van der Waals surface area (Å²) in [5, 5.41) is 3.42. The molecule has 3 heterocycles. The Balaban J connectivity index is 0.00000253. The number of allylic oxidation sites excluding steroid dienone is 1. The molecular weight excluding hydrogens is 464 g/mol. The molecule has 1 aromatic heterocycles. The fraction of sp³-hybridized carbons (Fsp3) is 0.346. The molecule has 1 aliphatic carbocycles. The van der Waals surface area contributed by atoms with Gasteiger partial charge in [0.05, 0.1) is 18.8 Å². The van der Waals surface area contributed by atoms with Gasteiger partial charge in [-0.1, -0.05) is 48.5 Å². The van der Waals surface area contributed by atoms with Gasteiger partial charge in [0.25, 0.3) is 0 Å². The molecule has 0 saturated heterocycles. The third kappa shape index (κ3) is 3.91. The van der Waals surface area contributed by atoms with Crippen molar-refractivity contribution in [2.75, 3.05) is 6.54 Å². The number of benzene rings is 2. The van der Waals surface area contributed by atoms with Crippen LogP contribution >= 0.6 is 0 Å². The van der Waals surface area contributed by atoms with Gasteiger partial charge >= 0.3 is 17.3 Å². The molecule has 3 N–H and O–H groups in total. The number of guanidine groups is 1. The van der Waals surface area contributed by atoms with Crippen LogP contribution in [0.25, 0.3) is 5.69 Å². The number of fused-ring (bicyclic) bond motifs is 3. The summed E-state index contributed by atoms with van der Waals surface area (Å²) < 4.78 is 6.75. The highest BCUT2D eigenvalue weighted by Crippen LogP contribution is 2.35. The fourth-order valence-electron chi connectivity index (χ4n) is 5.38. The minimum atomic E-state index is -0.342. The molecule has 1 unspecified atom stereocenters. The molecule has 1 saturated carbocycles. The molecule has 9 heteroatoms. The highest BCUT2D eigenvalue weighted by molar-refractivity contribution is 5.76. The molecule has 3 aliphatic rings. The number of aromatic nitrogens is 3. The van der Waals surface area contributed by atoms with Crippen LogP contribution in [-0.4, -0.2) is 37.1 Å². The lowest BCUT2D eigenvalue weighted by Crippen LogP contribution is -3.00. The van der Waals surface area contributed by atoms with E-state index in [1.54, 1.807) is 21.5 Å². The maximum absolute atomic E-state index is 13.8. The Morgan fingerprint density at radius 3 is 2.31 bits per heavy atom. The van der Waals surface area contributed by atoms with E-state index in [9.17, 15) is 9.59 Å². The average molecular weight is 493 g/mol. The van der Waals surface area contributed by atoms with Crippen molar-refractivity contribution in [1.82, 2.24) is 19.2 Å². The van der Waals surface area contributed by atoms with Crippen LogP contribution in [0.5, 0.6) is 0 Å². The lowest BCUT2D eigenvalue weighted by Gasteiger charge is -2.38. The molecule has 0 radical (unpaired) electrons. The average Bonchev–Trinajstić information content (AvgIpc) is 3.63. The number of para-hydroxylation sites is 1. The van der Waals surface area contributed by atoms with E-state index in [1.165, 1.54) is 23.0 Å². The number of halogens is 1. The van der Waals surface area contributed by atoms with Crippen molar-refractivity contribution in [2.45, 2.75) is 44.8 Å². The quantitative estimate of drug-likeness (QED) is 0.428. The van der Waals surface area contributed by atoms with Crippen LogP contribution in [0.3, 0.4) is 0 Å². The van der Waals surface area contributed by atoms with Gasteiger partial charge in [-0.2, -0.15) is 0 Å². The van der Waals surface area contributed by atoms with Gasteiger partial charge in [-0.25, -0.2) is 28.8 Å². The normalized spacial score (nSPS) is 21.2. The second-order valence-electron chi connectivity index (χ2n) is 9.64. The first-order valence-corrected chi connectivity index (χ1v) is 11.9. The highest BCUT2D eigenvalue weighted by atomic mass is 35.5. The lowest BCUT2D eigenvalue weighted by atomic mass is 9.91. The topological polar surface area (TPSA) is 90.0 Å². The van der Waals surface area contributed by atoms with Crippen LogP contribution < -0.4 is 34.8 Å². The Labute approximate surface area is 209 Å². The van der Waals surface area contributed by atoms with Gasteiger partial charge in [0.15, 0.2) is 0 Å². The Morgan fingerprint density at radius 2 is 1.66 bits per heavy atom. The molecule has 182 valence electrons. The number of nitrogens with one attached hydrogen (secondary N) is 1. The maximum atomic E-state index is 13.8. The third-order valence-corrected chi connectivity index (χ3v) is 7.26. The van der Waals surface area contributed by atoms with Crippen molar-refractivity contribution in [1.29, 1.82) is 0 Å². The summed E-state index contributed by atoms with van der Waals surface area (Å²) in [4.78, 5) is 27.3.